The van der Waals surface area contributed by atoms with Crippen molar-refractivity contribution >= 4 is 12.1 Å². The first-order chi connectivity index (χ1) is 10.8. The second kappa shape index (κ2) is 8.52. The molecule has 0 aliphatic carbocycles. The van der Waals surface area contributed by atoms with Crippen LogP contribution < -0.4 is 0 Å². The van der Waals surface area contributed by atoms with E-state index in [0.717, 1.165) is 19.3 Å². The molecule has 1 unspecified atom stereocenters. The largest absolute Gasteiger partial charge is 0.467 e. The zero-order chi connectivity index (χ0) is 17.5. The van der Waals surface area contributed by atoms with E-state index in [2.05, 4.69) is 6.92 Å². The van der Waals surface area contributed by atoms with Gasteiger partial charge in [-0.1, -0.05) is 13.3 Å². The molecule has 1 saturated heterocycles. The van der Waals surface area contributed by atoms with Gasteiger partial charge < -0.3 is 14.2 Å². The summed E-state index contributed by atoms with van der Waals surface area (Å²) in [6.07, 6.45) is 3.35. The van der Waals surface area contributed by atoms with Crippen molar-refractivity contribution in [1.29, 1.82) is 0 Å². The molecular formula is C17H31NO5. The fourth-order valence-electron chi connectivity index (χ4n) is 2.82. The highest BCUT2D eigenvalue weighted by Gasteiger charge is 2.51. The Balaban J connectivity index is 2.81. The minimum Gasteiger partial charge on any atom is -0.467 e. The quantitative estimate of drug-likeness (QED) is 0.530. The van der Waals surface area contributed by atoms with Gasteiger partial charge in [0.15, 0.2) is 0 Å². The Morgan fingerprint density at radius 3 is 2.48 bits per heavy atom. The predicted molar refractivity (Wildman–Crippen MR) is 87.3 cm³/mol. The van der Waals surface area contributed by atoms with Crippen molar-refractivity contribution in [2.24, 2.45) is 0 Å². The number of esters is 1. The van der Waals surface area contributed by atoms with Gasteiger partial charge >= 0.3 is 12.1 Å². The third kappa shape index (κ3) is 5.37. The summed E-state index contributed by atoms with van der Waals surface area (Å²) in [5.74, 6) is -0.389. The molecular weight excluding hydrogens is 298 g/mol. The standard InChI is InChI=1S/C17H31NO5/c1-6-7-12-22-13-10-17(14(19)21-5)9-8-11-18(17)15(20)23-16(2,3)4/h6-13H2,1-5H3. The topological polar surface area (TPSA) is 65.1 Å². The highest BCUT2D eigenvalue weighted by Crippen LogP contribution is 2.35. The predicted octanol–water partition coefficient (Wildman–Crippen LogP) is 3.14. The maximum Gasteiger partial charge on any atom is 0.411 e. The van der Waals surface area contributed by atoms with E-state index >= 15 is 0 Å². The lowest BCUT2D eigenvalue weighted by atomic mass is 9.92. The third-order valence-electron chi connectivity index (χ3n) is 3.97. The van der Waals surface area contributed by atoms with Crippen LogP contribution in [0, 0.1) is 0 Å². The van der Waals surface area contributed by atoms with Crippen LogP contribution in [0.3, 0.4) is 0 Å². The van der Waals surface area contributed by atoms with Gasteiger partial charge in [-0.15, -0.1) is 0 Å². The lowest BCUT2D eigenvalue weighted by Gasteiger charge is -2.36. The molecule has 0 bridgehead atoms. The Morgan fingerprint density at radius 2 is 1.91 bits per heavy atom. The minimum absolute atomic E-state index is 0.389. The van der Waals surface area contributed by atoms with E-state index in [9.17, 15) is 9.59 Å². The molecule has 23 heavy (non-hydrogen) atoms. The number of hydrogen-bond donors (Lipinski definition) is 0. The Bertz CT molecular complexity index is 404. The number of likely N-dealkylation sites (tertiary alicyclic amines) is 1. The summed E-state index contributed by atoms with van der Waals surface area (Å²) in [5, 5.41) is 0. The number of nitrogens with zero attached hydrogens (tertiary/aromatic N) is 1. The molecule has 1 amide bonds. The van der Waals surface area contributed by atoms with E-state index in [1.807, 2.05) is 20.8 Å². The number of hydrogen-bond acceptors (Lipinski definition) is 5. The van der Waals surface area contributed by atoms with Gasteiger partial charge in [0, 0.05) is 26.2 Å². The van der Waals surface area contributed by atoms with Gasteiger partial charge in [-0.05, 0) is 40.0 Å². The van der Waals surface area contributed by atoms with Crippen LogP contribution >= 0.6 is 0 Å². The zero-order valence-corrected chi connectivity index (χ0v) is 15.1. The van der Waals surface area contributed by atoms with Gasteiger partial charge in [0.05, 0.1) is 7.11 Å². The molecule has 1 heterocycles. The lowest BCUT2D eigenvalue weighted by Crippen LogP contribution is -2.55. The molecule has 0 aromatic heterocycles. The number of methoxy groups -OCH3 is 1. The summed E-state index contributed by atoms with van der Waals surface area (Å²) in [6.45, 7) is 9.13. The number of carbonyl (C=O) groups is 2. The normalized spacial score (nSPS) is 21.3. The molecule has 1 aliphatic heterocycles. The summed E-state index contributed by atoms with van der Waals surface area (Å²) >= 11 is 0. The molecule has 0 aromatic rings. The van der Waals surface area contributed by atoms with Crippen molar-refractivity contribution in [1.82, 2.24) is 4.90 Å². The Morgan fingerprint density at radius 1 is 1.22 bits per heavy atom. The smallest absolute Gasteiger partial charge is 0.411 e. The van der Waals surface area contributed by atoms with Crippen LogP contribution in [0.1, 0.15) is 59.8 Å². The number of rotatable bonds is 7. The van der Waals surface area contributed by atoms with Crippen LogP contribution in [0.25, 0.3) is 0 Å². The van der Waals surface area contributed by atoms with Crippen LogP contribution in [-0.2, 0) is 19.0 Å². The average Bonchev–Trinajstić information content (AvgIpc) is 2.89. The molecule has 1 aliphatic rings. The Kier molecular flexibility index (Phi) is 7.32. The molecule has 0 aromatic carbocycles. The second-order valence-electron chi connectivity index (χ2n) is 6.97. The molecule has 0 radical (unpaired) electrons. The molecule has 1 atom stereocenters. The van der Waals surface area contributed by atoms with Crippen LogP contribution in [0.5, 0.6) is 0 Å². The Hall–Kier alpha value is -1.30. The zero-order valence-electron chi connectivity index (χ0n) is 15.1. The van der Waals surface area contributed by atoms with Gasteiger partial charge in [-0.2, -0.15) is 0 Å². The molecule has 0 spiro atoms. The van der Waals surface area contributed by atoms with E-state index in [-0.39, 0.29) is 5.97 Å². The molecule has 0 N–H and O–H groups in total. The van der Waals surface area contributed by atoms with Crippen LogP contribution in [0.4, 0.5) is 4.79 Å². The summed E-state index contributed by atoms with van der Waals surface area (Å²) in [4.78, 5) is 26.4. The van der Waals surface area contributed by atoms with Gasteiger partial charge in [0.2, 0.25) is 0 Å². The summed E-state index contributed by atoms with van der Waals surface area (Å²) in [7, 11) is 1.35. The van der Waals surface area contributed by atoms with Gasteiger partial charge in [-0.3, -0.25) is 4.90 Å². The third-order valence-corrected chi connectivity index (χ3v) is 3.97. The SMILES string of the molecule is CCCCOCCC1(C(=O)OC)CCCN1C(=O)OC(C)(C)C. The number of carbonyl (C=O) groups excluding carboxylic acids is 2. The minimum atomic E-state index is -0.969. The number of ether oxygens (including phenoxy) is 3. The lowest BCUT2D eigenvalue weighted by molar-refractivity contribution is -0.154. The average molecular weight is 329 g/mol. The molecule has 1 fully saturated rings. The van der Waals surface area contributed by atoms with Crippen molar-refractivity contribution in [2.75, 3.05) is 26.9 Å². The van der Waals surface area contributed by atoms with Crippen molar-refractivity contribution in [3.05, 3.63) is 0 Å². The van der Waals surface area contributed by atoms with Crippen LogP contribution in [-0.4, -0.2) is 55.0 Å². The molecule has 0 saturated carbocycles. The molecule has 6 nitrogen and oxygen atoms in total. The number of unbranched alkanes of at least 4 members (excludes halogenated alkanes) is 1. The van der Waals surface area contributed by atoms with E-state index in [0.29, 0.717) is 32.6 Å². The van der Waals surface area contributed by atoms with Crippen molar-refractivity contribution in [3.63, 3.8) is 0 Å². The first-order valence-corrected chi connectivity index (χ1v) is 8.43. The fourth-order valence-corrected chi connectivity index (χ4v) is 2.82. The molecule has 1 rings (SSSR count). The Labute approximate surface area is 139 Å². The monoisotopic (exact) mass is 329 g/mol. The summed E-state index contributed by atoms with van der Waals surface area (Å²) < 4.78 is 16.0. The maximum absolute atomic E-state index is 12.5. The fraction of sp³-hybridized carbons (Fsp3) is 0.882. The number of amides is 1. The first kappa shape index (κ1) is 19.7. The van der Waals surface area contributed by atoms with E-state index in [1.165, 1.54) is 12.0 Å². The molecule has 134 valence electrons. The summed E-state index contributed by atoms with van der Waals surface area (Å²) in [5.41, 5.74) is -1.57. The van der Waals surface area contributed by atoms with Gasteiger partial charge in [-0.25, -0.2) is 9.59 Å². The molecule has 6 heteroatoms. The van der Waals surface area contributed by atoms with Crippen LogP contribution in [0.15, 0.2) is 0 Å². The summed E-state index contributed by atoms with van der Waals surface area (Å²) in [6, 6.07) is 0. The van der Waals surface area contributed by atoms with Gasteiger partial charge in [0.1, 0.15) is 11.1 Å². The maximum atomic E-state index is 12.5. The highest BCUT2D eigenvalue weighted by atomic mass is 16.6. The van der Waals surface area contributed by atoms with Crippen molar-refractivity contribution in [2.45, 2.75) is 70.9 Å². The van der Waals surface area contributed by atoms with Gasteiger partial charge in [0.25, 0.3) is 0 Å². The second-order valence-corrected chi connectivity index (χ2v) is 6.97. The van der Waals surface area contributed by atoms with E-state index in [4.69, 9.17) is 14.2 Å². The van der Waals surface area contributed by atoms with Crippen molar-refractivity contribution in [3.8, 4) is 0 Å². The first-order valence-electron chi connectivity index (χ1n) is 8.43. The highest BCUT2D eigenvalue weighted by molar-refractivity contribution is 5.86. The van der Waals surface area contributed by atoms with Crippen LogP contribution in [0.2, 0.25) is 0 Å². The van der Waals surface area contributed by atoms with Crippen molar-refractivity contribution < 1.29 is 23.8 Å². The van der Waals surface area contributed by atoms with E-state index < -0.39 is 17.2 Å². The van der Waals surface area contributed by atoms with E-state index in [1.54, 1.807) is 0 Å².